The number of rotatable bonds is 7. The topological polar surface area (TPSA) is 59.6 Å². The van der Waals surface area contributed by atoms with E-state index in [-0.39, 0.29) is 5.91 Å². The van der Waals surface area contributed by atoms with Crippen molar-refractivity contribution in [3.63, 3.8) is 0 Å². The molecule has 0 aliphatic rings. The van der Waals surface area contributed by atoms with Crippen LogP contribution in [0.25, 0.3) is 0 Å². The predicted octanol–water partition coefficient (Wildman–Crippen LogP) is 4.43. The first-order valence-electron chi connectivity index (χ1n) is 7.90. The smallest absolute Gasteiger partial charge is 0.224 e. The zero-order valence-corrected chi connectivity index (χ0v) is 14.6. The highest BCUT2D eigenvalue weighted by molar-refractivity contribution is 5.91. The van der Waals surface area contributed by atoms with Crippen LogP contribution in [0.2, 0.25) is 0 Å². The van der Waals surface area contributed by atoms with Crippen LogP contribution in [0.5, 0.6) is 11.5 Å². The van der Waals surface area contributed by atoms with Gasteiger partial charge in [-0.2, -0.15) is 0 Å². The van der Waals surface area contributed by atoms with Crippen molar-refractivity contribution in [2.75, 3.05) is 24.9 Å². The van der Waals surface area contributed by atoms with E-state index in [1.165, 1.54) is 0 Å². The third-order valence-corrected chi connectivity index (χ3v) is 3.43. The number of carbonyl (C=O) groups is 1. The van der Waals surface area contributed by atoms with Crippen LogP contribution in [-0.2, 0) is 4.79 Å². The molecular weight excluding hydrogens is 304 g/mol. The molecule has 0 spiro atoms. The zero-order valence-electron chi connectivity index (χ0n) is 14.6. The van der Waals surface area contributed by atoms with Crippen LogP contribution in [-0.4, -0.2) is 20.1 Å². The van der Waals surface area contributed by atoms with E-state index in [1.807, 2.05) is 56.3 Å². The fourth-order valence-corrected chi connectivity index (χ4v) is 2.30. The number of hydrogen-bond donors (Lipinski definition) is 2. The lowest BCUT2D eigenvalue weighted by Crippen LogP contribution is -2.13. The van der Waals surface area contributed by atoms with Gasteiger partial charge in [-0.1, -0.05) is 13.8 Å². The number of hydrogen-bond acceptors (Lipinski definition) is 4. The van der Waals surface area contributed by atoms with E-state index in [0.29, 0.717) is 23.8 Å². The third-order valence-electron chi connectivity index (χ3n) is 3.43. The maximum absolute atomic E-state index is 11.8. The highest BCUT2D eigenvalue weighted by Gasteiger charge is 2.06. The number of amides is 1. The zero-order chi connectivity index (χ0) is 17.5. The Morgan fingerprint density at radius 3 is 2.08 bits per heavy atom. The summed E-state index contributed by atoms with van der Waals surface area (Å²) in [6, 6.07) is 13.2. The summed E-state index contributed by atoms with van der Waals surface area (Å²) in [7, 11) is 3.22. The highest BCUT2D eigenvalue weighted by Crippen LogP contribution is 2.31. The molecule has 2 aromatic carbocycles. The molecule has 0 aromatic heterocycles. The van der Waals surface area contributed by atoms with Gasteiger partial charge < -0.3 is 20.1 Å². The second-order valence-corrected chi connectivity index (χ2v) is 5.92. The summed E-state index contributed by atoms with van der Waals surface area (Å²) < 4.78 is 10.5. The molecule has 0 unspecified atom stereocenters. The SMILES string of the molecule is COc1ccc(Nc2ccc(NC(=O)CC(C)C)cc2)cc1OC. The van der Waals surface area contributed by atoms with E-state index >= 15 is 0 Å². The van der Waals surface area contributed by atoms with Gasteiger partial charge in [0.05, 0.1) is 14.2 Å². The summed E-state index contributed by atoms with van der Waals surface area (Å²) in [6.45, 7) is 4.05. The molecule has 2 rings (SSSR count). The number of ether oxygens (including phenoxy) is 2. The minimum absolute atomic E-state index is 0.0330. The van der Waals surface area contributed by atoms with Crippen LogP contribution in [0.1, 0.15) is 20.3 Å². The third kappa shape index (κ3) is 4.91. The lowest BCUT2D eigenvalue weighted by atomic mass is 10.1. The van der Waals surface area contributed by atoms with Gasteiger partial charge in [-0.3, -0.25) is 4.79 Å². The van der Waals surface area contributed by atoms with E-state index < -0.39 is 0 Å². The molecule has 0 bridgehead atoms. The molecule has 5 heteroatoms. The fraction of sp³-hybridized carbons (Fsp3) is 0.316. The van der Waals surface area contributed by atoms with Gasteiger partial charge in [-0.15, -0.1) is 0 Å². The van der Waals surface area contributed by atoms with Crippen molar-refractivity contribution in [3.05, 3.63) is 42.5 Å². The van der Waals surface area contributed by atoms with E-state index in [9.17, 15) is 4.79 Å². The Labute approximate surface area is 143 Å². The first kappa shape index (κ1) is 17.7. The number of carbonyl (C=O) groups excluding carboxylic acids is 1. The summed E-state index contributed by atoms with van der Waals surface area (Å²) in [5.74, 6) is 1.73. The standard InChI is InChI=1S/C19H24N2O3/c1-13(2)11-19(22)21-15-7-5-14(6-8-15)20-16-9-10-17(23-3)18(12-16)24-4/h5-10,12-13,20H,11H2,1-4H3,(H,21,22). The molecule has 0 saturated carbocycles. The molecule has 0 heterocycles. The average Bonchev–Trinajstić information content (AvgIpc) is 2.55. The first-order chi connectivity index (χ1) is 11.5. The molecule has 128 valence electrons. The Balaban J connectivity index is 2.02. The summed E-state index contributed by atoms with van der Waals surface area (Å²) in [4.78, 5) is 11.8. The molecule has 0 fully saturated rings. The molecule has 5 nitrogen and oxygen atoms in total. The lowest BCUT2D eigenvalue weighted by molar-refractivity contribution is -0.116. The Morgan fingerprint density at radius 1 is 0.917 bits per heavy atom. The summed E-state index contributed by atoms with van der Waals surface area (Å²) >= 11 is 0. The van der Waals surface area contributed by atoms with Gasteiger partial charge in [0.2, 0.25) is 5.91 Å². The van der Waals surface area contributed by atoms with E-state index in [2.05, 4.69) is 10.6 Å². The lowest BCUT2D eigenvalue weighted by Gasteiger charge is -2.12. The molecule has 0 atom stereocenters. The van der Waals surface area contributed by atoms with Crippen molar-refractivity contribution in [3.8, 4) is 11.5 Å². The molecule has 0 aliphatic carbocycles. The van der Waals surface area contributed by atoms with Crippen molar-refractivity contribution < 1.29 is 14.3 Å². The minimum Gasteiger partial charge on any atom is -0.493 e. The normalized spacial score (nSPS) is 10.4. The predicted molar refractivity (Wildman–Crippen MR) is 97.4 cm³/mol. The average molecular weight is 328 g/mol. The van der Waals surface area contributed by atoms with Crippen LogP contribution in [0.3, 0.4) is 0 Å². The van der Waals surface area contributed by atoms with Crippen molar-refractivity contribution in [2.45, 2.75) is 20.3 Å². The van der Waals surface area contributed by atoms with Gasteiger partial charge in [-0.05, 0) is 42.3 Å². The molecule has 0 radical (unpaired) electrons. The van der Waals surface area contributed by atoms with Gasteiger partial charge in [-0.25, -0.2) is 0 Å². The second-order valence-electron chi connectivity index (χ2n) is 5.92. The minimum atomic E-state index is 0.0330. The Kier molecular flexibility index (Phi) is 6.07. The van der Waals surface area contributed by atoms with Gasteiger partial charge in [0.15, 0.2) is 11.5 Å². The number of anilines is 3. The molecule has 2 aromatic rings. The first-order valence-corrected chi connectivity index (χ1v) is 7.90. The van der Waals surface area contributed by atoms with Crippen molar-refractivity contribution in [1.82, 2.24) is 0 Å². The summed E-state index contributed by atoms with van der Waals surface area (Å²) in [5, 5.41) is 6.19. The molecule has 24 heavy (non-hydrogen) atoms. The molecular formula is C19H24N2O3. The van der Waals surface area contributed by atoms with E-state index in [1.54, 1.807) is 14.2 Å². The van der Waals surface area contributed by atoms with Crippen molar-refractivity contribution in [2.24, 2.45) is 5.92 Å². The Bertz CT molecular complexity index is 682. The Hall–Kier alpha value is -2.69. The van der Waals surface area contributed by atoms with Crippen LogP contribution in [0.4, 0.5) is 17.1 Å². The Morgan fingerprint density at radius 2 is 1.50 bits per heavy atom. The van der Waals surface area contributed by atoms with Gasteiger partial charge in [0.1, 0.15) is 0 Å². The van der Waals surface area contributed by atoms with Crippen LogP contribution >= 0.6 is 0 Å². The van der Waals surface area contributed by atoms with Crippen molar-refractivity contribution in [1.29, 1.82) is 0 Å². The van der Waals surface area contributed by atoms with Crippen molar-refractivity contribution >= 4 is 23.0 Å². The highest BCUT2D eigenvalue weighted by atomic mass is 16.5. The number of benzene rings is 2. The van der Waals surface area contributed by atoms with Gasteiger partial charge >= 0.3 is 0 Å². The largest absolute Gasteiger partial charge is 0.493 e. The maximum Gasteiger partial charge on any atom is 0.224 e. The quantitative estimate of drug-likeness (QED) is 0.789. The number of methoxy groups -OCH3 is 2. The maximum atomic E-state index is 11.8. The van der Waals surface area contributed by atoms with Gasteiger partial charge in [0, 0.05) is 29.5 Å². The van der Waals surface area contributed by atoms with Gasteiger partial charge in [0.25, 0.3) is 0 Å². The molecule has 0 saturated heterocycles. The second kappa shape index (κ2) is 8.24. The molecule has 0 aliphatic heterocycles. The molecule has 1 amide bonds. The van der Waals surface area contributed by atoms with E-state index in [0.717, 1.165) is 17.1 Å². The van der Waals surface area contributed by atoms with Crippen LogP contribution in [0, 0.1) is 5.92 Å². The monoisotopic (exact) mass is 328 g/mol. The molecule has 2 N–H and O–H groups in total. The summed E-state index contributed by atoms with van der Waals surface area (Å²) in [6.07, 6.45) is 0.519. The fourth-order valence-electron chi connectivity index (χ4n) is 2.30. The number of nitrogens with one attached hydrogen (secondary N) is 2. The summed E-state index contributed by atoms with van der Waals surface area (Å²) in [5.41, 5.74) is 2.60. The van der Waals surface area contributed by atoms with E-state index in [4.69, 9.17) is 9.47 Å². The van der Waals surface area contributed by atoms with Crippen LogP contribution < -0.4 is 20.1 Å². The van der Waals surface area contributed by atoms with Crippen LogP contribution in [0.15, 0.2) is 42.5 Å².